The van der Waals surface area contributed by atoms with Crippen molar-refractivity contribution in [3.63, 3.8) is 0 Å². The van der Waals surface area contributed by atoms with Crippen molar-refractivity contribution in [3.8, 4) is 0 Å². The van der Waals surface area contributed by atoms with Crippen molar-refractivity contribution >= 4 is 5.96 Å². The first kappa shape index (κ1) is 17.8. The van der Waals surface area contributed by atoms with Crippen molar-refractivity contribution in [3.05, 3.63) is 17.5 Å². The molecule has 1 fully saturated rings. The summed E-state index contributed by atoms with van der Waals surface area (Å²) in [5, 5.41) is 10.9. The Balaban J connectivity index is 1.84. The first-order chi connectivity index (χ1) is 11.1. The van der Waals surface area contributed by atoms with Crippen LogP contribution in [0.5, 0.6) is 0 Å². The van der Waals surface area contributed by atoms with E-state index in [2.05, 4.69) is 41.6 Å². The molecule has 0 aromatic carbocycles. The van der Waals surface area contributed by atoms with Crippen LogP contribution in [0.25, 0.3) is 0 Å². The smallest absolute Gasteiger partial charge is 0.191 e. The molecule has 5 heteroatoms. The third-order valence-electron chi connectivity index (χ3n) is 4.76. The van der Waals surface area contributed by atoms with Gasteiger partial charge in [-0.3, -0.25) is 4.99 Å². The first-order valence-electron chi connectivity index (χ1n) is 8.96. The van der Waals surface area contributed by atoms with Crippen LogP contribution >= 0.6 is 0 Å². The van der Waals surface area contributed by atoms with E-state index in [1.165, 1.54) is 32.1 Å². The van der Waals surface area contributed by atoms with Crippen LogP contribution in [0.2, 0.25) is 0 Å². The largest absolute Gasteiger partial charge is 0.359 e. The Hall–Kier alpha value is -1.52. The third-order valence-corrected chi connectivity index (χ3v) is 4.76. The molecule has 1 aliphatic carbocycles. The first-order valence-corrected chi connectivity index (χ1v) is 8.96. The van der Waals surface area contributed by atoms with E-state index in [1.54, 1.807) is 0 Å². The van der Waals surface area contributed by atoms with Crippen LogP contribution in [0.15, 0.2) is 15.6 Å². The summed E-state index contributed by atoms with van der Waals surface area (Å²) in [5.74, 6) is 2.43. The summed E-state index contributed by atoms with van der Waals surface area (Å²) in [5.41, 5.74) is 1.43. The maximum absolute atomic E-state index is 5.31. The molecular formula is C18H32N4O. The lowest BCUT2D eigenvalue weighted by Crippen LogP contribution is -2.43. The molecule has 1 heterocycles. The minimum atomic E-state index is 0.438. The van der Waals surface area contributed by atoms with E-state index in [1.807, 2.05) is 13.1 Å². The zero-order chi connectivity index (χ0) is 16.7. The Labute approximate surface area is 140 Å². The Morgan fingerprint density at radius 3 is 2.65 bits per heavy atom. The Bertz CT molecular complexity index is 501. The van der Waals surface area contributed by atoms with Crippen LogP contribution in [0.4, 0.5) is 0 Å². The molecule has 1 saturated carbocycles. The van der Waals surface area contributed by atoms with E-state index < -0.39 is 0 Å². The van der Waals surface area contributed by atoms with Crippen molar-refractivity contribution < 1.29 is 4.52 Å². The normalized spacial score (nSPS) is 17.7. The van der Waals surface area contributed by atoms with E-state index in [0.717, 1.165) is 36.3 Å². The van der Waals surface area contributed by atoms with Gasteiger partial charge in [-0.2, -0.15) is 0 Å². The third kappa shape index (κ3) is 5.26. The molecule has 5 nitrogen and oxygen atoms in total. The second-order valence-electron chi connectivity index (χ2n) is 7.22. The van der Waals surface area contributed by atoms with E-state index in [0.29, 0.717) is 12.0 Å². The van der Waals surface area contributed by atoms with E-state index >= 15 is 0 Å². The van der Waals surface area contributed by atoms with Crippen molar-refractivity contribution in [1.82, 2.24) is 15.8 Å². The molecule has 23 heavy (non-hydrogen) atoms. The highest BCUT2D eigenvalue weighted by molar-refractivity contribution is 5.79. The van der Waals surface area contributed by atoms with Crippen molar-refractivity contribution in [2.75, 3.05) is 13.6 Å². The fourth-order valence-electron chi connectivity index (χ4n) is 3.71. The van der Waals surface area contributed by atoms with Crippen molar-refractivity contribution in [1.29, 1.82) is 0 Å². The predicted octanol–water partition coefficient (Wildman–Crippen LogP) is 3.51. The lowest BCUT2D eigenvalue weighted by molar-refractivity contribution is 0.234. The molecular weight excluding hydrogens is 288 g/mol. The predicted molar refractivity (Wildman–Crippen MR) is 94.4 cm³/mol. The molecule has 0 bridgehead atoms. The number of hydrogen-bond acceptors (Lipinski definition) is 3. The molecule has 0 spiro atoms. The summed E-state index contributed by atoms with van der Waals surface area (Å²) in [6.45, 7) is 8.33. The van der Waals surface area contributed by atoms with Gasteiger partial charge in [-0.05, 0) is 37.0 Å². The highest BCUT2D eigenvalue weighted by atomic mass is 16.5. The minimum Gasteiger partial charge on any atom is -0.359 e. The van der Waals surface area contributed by atoms with Crippen LogP contribution in [0.1, 0.15) is 64.3 Å². The van der Waals surface area contributed by atoms with Gasteiger partial charge in [0.05, 0.1) is 12.2 Å². The summed E-state index contributed by atoms with van der Waals surface area (Å²) in [6, 6.07) is 2.00. The number of guanidine groups is 1. The van der Waals surface area contributed by atoms with Crippen molar-refractivity contribution in [2.24, 2.45) is 16.3 Å². The van der Waals surface area contributed by atoms with Gasteiger partial charge >= 0.3 is 0 Å². The molecule has 130 valence electrons. The van der Waals surface area contributed by atoms with Crippen molar-refractivity contribution in [2.45, 2.75) is 65.8 Å². The molecule has 0 aliphatic heterocycles. The molecule has 2 N–H and O–H groups in total. The zero-order valence-corrected chi connectivity index (χ0v) is 15.1. The van der Waals surface area contributed by atoms with Crippen LogP contribution < -0.4 is 10.6 Å². The van der Waals surface area contributed by atoms with Gasteiger partial charge in [0.1, 0.15) is 0 Å². The average molecular weight is 320 g/mol. The van der Waals surface area contributed by atoms with Crippen LogP contribution in [-0.4, -0.2) is 24.7 Å². The van der Waals surface area contributed by atoms with Gasteiger partial charge in [0.15, 0.2) is 11.7 Å². The number of hydrogen-bond donors (Lipinski definition) is 2. The zero-order valence-electron chi connectivity index (χ0n) is 15.1. The maximum atomic E-state index is 5.31. The standard InChI is InChI=1S/C18H32N4O/c1-5-15-10-16(23-22-15)12-20-17(19-4)21-13-18(11-14(2)3)8-6-7-9-18/h10,14H,5-9,11-13H2,1-4H3,(H2,19,20,21). The number of aliphatic imine (C=N–C) groups is 1. The molecule has 0 saturated heterocycles. The average Bonchev–Trinajstić information content (AvgIpc) is 3.16. The SMILES string of the molecule is CCc1cc(CNC(=NC)NCC2(CC(C)C)CCCC2)on1. The van der Waals surface area contributed by atoms with Gasteiger partial charge in [-0.25, -0.2) is 0 Å². The summed E-state index contributed by atoms with van der Waals surface area (Å²) >= 11 is 0. The molecule has 0 amide bonds. The molecule has 0 atom stereocenters. The summed E-state index contributed by atoms with van der Waals surface area (Å²) < 4.78 is 5.31. The fourth-order valence-corrected chi connectivity index (χ4v) is 3.71. The maximum Gasteiger partial charge on any atom is 0.191 e. The van der Waals surface area contributed by atoms with Gasteiger partial charge < -0.3 is 15.2 Å². The number of aryl methyl sites for hydroxylation is 1. The summed E-state index contributed by atoms with van der Waals surface area (Å²) in [7, 11) is 1.82. The van der Waals surface area contributed by atoms with Gasteiger partial charge in [-0.15, -0.1) is 0 Å². The molecule has 1 aliphatic rings. The lowest BCUT2D eigenvalue weighted by Gasteiger charge is -2.31. The number of nitrogens with zero attached hydrogens (tertiary/aromatic N) is 2. The van der Waals surface area contributed by atoms with Gasteiger partial charge in [-0.1, -0.05) is 38.8 Å². The van der Waals surface area contributed by atoms with E-state index in [-0.39, 0.29) is 0 Å². The van der Waals surface area contributed by atoms with E-state index in [9.17, 15) is 0 Å². The summed E-state index contributed by atoms with van der Waals surface area (Å²) in [4.78, 5) is 4.33. The molecule has 2 rings (SSSR count). The molecule has 0 radical (unpaired) electrons. The molecule has 1 aromatic heterocycles. The Kier molecular flexibility index (Phi) is 6.48. The molecule has 1 aromatic rings. The summed E-state index contributed by atoms with van der Waals surface area (Å²) in [6.07, 6.45) is 7.57. The number of nitrogens with one attached hydrogen (secondary N) is 2. The fraction of sp³-hybridized carbons (Fsp3) is 0.778. The van der Waals surface area contributed by atoms with Gasteiger partial charge in [0.25, 0.3) is 0 Å². The van der Waals surface area contributed by atoms with Gasteiger partial charge in [0.2, 0.25) is 0 Å². The minimum absolute atomic E-state index is 0.438. The second kappa shape index (κ2) is 8.37. The van der Waals surface area contributed by atoms with Crippen LogP contribution in [0.3, 0.4) is 0 Å². The highest BCUT2D eigenvalue weighted by Gasteiger charge is 2.34. The van der Waals surface area contributed by atoms with Crippen LogP contribution in [0, 0.1) is 11.3 Å². The lowest BCUT2D eigenvalue weighted by atomic mass is 9.78. The quantitative estimate of drug-likeness (QED) is 0.596. The van der Waals surface area contributed by atoms with Gasteiger partial charge in [0, 0.05) is 19.7 Å². The Morgan fingerprint density at radius 2 is 2.09 bits per heavy atom. The topological polar surface area (TPSA) is 62.5 Å². The second-order valence-corrected chi connectivity index (χ2v) is 7.22. The number of rotatable bonds is 7. The van der Waals surface area contributed by atoms with Crippen LogP contribution in [-0.2, 0) is 13.0 Å². The van der Waals surface area contributed by atoms with E-state index in [4.69, 9.17) is 4.52 Å². The Morgan fingerprint density at radius 1 is 1.35 bits per heavy atom. The highest BCUT2D eigenvalue weighted by Crippen LogP contribution is 2.42. The monoisotopic (exact) mass is 320 g/mol. The molecule has 0 unspecified atom stereocenters. The number of aromatic nitrogens is 1.